The van der Waals surface area contributed by atoms with Crippen LogP contribution in [0.3, 0.4) is 0 Å². The Hall–Kier alpha value is -3.67. The van der Waals surface area contributed by atoms with E-state index in [0.29, 0.717) is 0 Å². The van der Waals surface area contributed by atoms with Crippen LogP contribution in [0.1, 0.15) is 6.42 Å². The molecule has 0 spiro atoms. The molecule has 0 saturated carbocycles. The minimum atomic E-state index is -3.57. The molecule has 12 heteroatoms. The molecular weight excluding hydrogens is 438 g/mol. The van der Waals surface area contributed by atoms with Crippen LogP contribution in [0.4, 0.5) is 11.4 Å². The van der Waals surface area contributed by atoms with Gasteiger partial charge in [-0.2, -0.15) is 0 Å². The zero-order valence-corrected chi connectivity index (χ0v) is 18.4. The van der Waals surface area contributed by atoms with Crippen LogP contribution < -0.4 is 16.3 Å². The largest absolute Gasteiger partial charge is 0.378 e. The van der Waals surface area contributed by atoms with Gasteiger partial charge in [-0.1, -0.05) is 12.1 Å². The minimum Gasteiger partial charge on any atom is -0.378 e. The SMILES string of the molecule is Cn1c(=O)n(CCC(=O)NCCNc2ccc(S(C)(=O)=O)cc2[N+](=O)[O-])c2ccccc21. The number of aryl methyl sites for hydroxylation is 2. The van der Waals surface area contributed by atoms with Crippen molar-refractivity contribution in [1.82, 2.24) is 14.5 Å². The maximum atomic E-state index is 12.4. The van der Waals surface area contributed by atoms with Crippen molar-refractivity contribution in [1.29, 1.82) is 0 Å². The van der Waals surface area contributed by atoms with Crippen molar-refractivity contribution in [3.63, 3.8) is 0 Å². The second kappa shape index (κ2) is 9.22. The predicted molar refractivity (Wildman–Crippen MR) is 120 cm³/mol. The summed E-state index contributed by atoms with van der Waals surface area (Å²) in [5, 5.41) is 16.8. The van der Waals surface area contributed by atoms with Crippen LogP contribution in [0.15, 0.2) is 52.2 Å². The minimum absolute atomic E-state index is 0.0944. The van der Waals surface area contributed by atoms with Gasteiger partial charge in [-0.3, -0.25) is 24.0 Å². The summed E-state index contributed by atoms with van der Waals surface area (Å²) in [5.41, 5.74) is 1.11. The van der Waals surface area contributed by atoms with E-state index < -0.39 is 14.8 Å². The third-order valence-electron chi connectivity index (χ3n) is 4.97. The molecule has 1 amide bonds. The van der Waals surface area contributed by atoms with Crippen LogP contribution in [0.25, 0.3) is 11.0 Å². The van der Waals surface area contributed by atoms with Crippen LogP contribution in [-0.2, 0) is 28.2 Å². The van der Waals surface area contributed by atoms with Gasteiger partial charge in [0.15, 0.2) is 9.84 Å². The number of imidazole rings is 1. The fourth-order valence-corrected chi connectivity index (χ4v) is 3.96. The highest BCUT2D eigenvalue weighted by Crippen LogP contribution is 2.27. The first kappa shape index (κ1) is 23.0. The summed E-state index contributed by atoms with van der Waals surface area (Å²) in [6.07, 6.45) is 1.07. The molecule has 2 aromatic carbocycles. The number of benzene rings is 2. The maximum Gasteiger partial charge on any atom is 0.328 e. The Kier molecular flexibility index (Phi) is 6.63. The average Bonchev–Trinajstić information content (AvgIpc) is 2.99. The zero-order chi connectivity index (χ0) is 23.5. The number of nitrogens with zero attached hydrogens (tertiary/aromatic N) is 3. The number of rotatable bonds is 9. The lowest BCUT2D eigenvalue weighted by Crippen LogP contribution is -2.31. The van der Waals surface area contributed by atoms with Gasteiger partial charge in [-0.25, -0.2) is 13.2 Å². The number of carbonyl (C=O) groups is 1. The molecule has 3 rings (SSSR count). The Morgan fingerprint density at radius 1 is 1.12 bits per heavy atom. The number of fused-ring (bicyclic) bond motifs is 1. The van der Waals surface area contributed by atoms with Crippen LogP contribution in [0, 0.1) is 10.1 Å². The summed E-state index contributed by atoms with van der Waals surface area (Å²) in [6, 6.07) is 10.9. The topological polar surface area (TPSA) is 145 Å². The number of amides is 1. The summed E-state index contributed by atoms with van der Waals surface area (Å²) < 4.78 is 26.3. The van der Waals surface area contributed by atoms with Crippen molar-refractivity contribution >= 4 is 38.2 Å². The fraction of sp³-hybridized carbons (Fsp3) is 0.300. The monoisotopic (exact) mass is 461 g/mol. The Bertz CT molecular complexity index is 1340. The normalized spacial score (nSPS) is 11.4. The number of nitro benzene ring substituents is 1. The molecular formula is C20H23N5O6S. The molecule has 1 heterocycles. The van der Waals surface area contributed by atoms with Crippen LogP contribution in [0.2, 0.25) is 0 Å². The first-order valence-corrected chi connectivity index (χ1v) is 11.6. The van der Waals surface area contributed by atoms with E-state index in [1.165, 1.54) is 16.7 Å². The Labute approximate surface area is 183 Å². The van der Waals surface area contributed by atoms with Crippen molar-refractivity contribution in [3.05, 3.63) is 63.1 Å². The number of sulfone groups is 1. The molecule has 0 atom stereocenters. The second-order valence-electron chi connectivity index (χ2n) is 7.22. The number of anilines is 1. The number of hydrogen-bond donors (Lipinski definition) is 2. The van der Waals surface area contributed by atoms with Crippen molar-refractivity contribution in [3.8, 4) is 0 Å². The average molecular weight is 462 g/mol. The molecule has 3 aromatic rings. The molecule has 11 nitrogen and oxygen atoms in total. The first-order chi connectivity index (χ1) is 15.1. The number of para-hydroxylation sites is 2. The molecule has 0 radical (unpaired) electrons. The molecule has 32 heavy (non-hydrogen) atoms. The second-order valence-corrected chi connectivity index (χ2v) is 9.23. The van der Waals surface area contributed by atoms with E-state index in [1.807, 2.05) is 24.3 Å². The summed E-state index contributed by atoms with van der Waals surface area (Å²) in [5.74, 6) is -0.270. The van der Waals surface area contributed by atoms with E-state index in [1.54, 1.807) is 11.6 Å². The highest BCUT2D eigenvalue weighted by atomic mass is 32.2. The van der Waals surface area contributed by atoms with Crippen LogP contribution >= 0.6 is 0 Å². The third kappa shape index (κ3) is 4.97. The summed E-state index contributed by atoms with van der Waals surface area (Å²) in [6.45, 7) is 0.602. The molecule has 0 saturated heterocycles. The van der Waals surface area contributed by atoms with E-state index >= 15 is 0 Å². The Balaban J connectivity index is 1.55. The van der Waals surface area contributed by atoms with Gasteiger partial charge in [0.25, 0.3) is 5.69 Å². The van der Waals surface area contributed by atoms with Gasteiger partial charge in [0.1, 0.15) is 5.69 Å². The molecule has 2 N–H and O–H groups in total. The van der Waals surface area contributed by atoms with E-state index in [4.69, 9.17) is 0 Å². The van der Waals surface area contributed by atoms with Crippen LogP contribution in [0.5, 0.6) is 0 Å². The lowest BCUT2D eigenvalue weighted by atomic mass is 10.2. The number of aromatic nitrogens is 2. The van der Waals surface area contributed by atoms with E-state index in [9.17, 15) is 28.1 Å². The van der Waals surface area contributed by atoms with Crippen molar-refractivity contribution < 1.29 is 18.1 Å². The smallest absolute Gasteiger partial charge is 0.328 e. The van der Waals surface area contributed by atoms with E-state index in [-0.39, 0.29) is 53.9 Å². The predicted octanol–water partition coefficient (Wildman–Crippen LogP) is 1.27. The van der Waals surface area contributed by atoms with Crippen molar-refractivity contribution in [2.45, 2.75) is 17.9 Å². The Morgan fingerprint density at radius 3 is 2.47 bits per heavy atom. The summed E-state index contributed by atoms with van der Waals surface area (Å²) in [7, 11) is -1.90. The lowest BCUT2D eigenvalue weighted by Gasteiger charge is -2.10. The Morgan fingerprint density at radius 2 is 1.81 bits per heavy atom. The molecule has 0 bridgehead atoms. The summed E-state index contributed by atoms with van der Waals surface area (Å²) in [4.78, 5) is 35.0. The molecule has 170 valence electrons. The first-order valence-electron chi connectivity index (χ1n) is 9.73. The molecule has 0 fully saturated rings. The zero-order valence-electron chi connectivity index (χ0n) is 17.6. The van der Waals surface area contributed by atoms with Gasteiger partial charge in [0, 0.05) is 45.4 Å². The lowest BCUT2D eigenvalue weighted by molar-refractivity contribution is -0.384. The molecule has 0 unspecified atom stereocenters. The summed E-state index contributed by atoms with van der Waals surface area (Å²) >= 11 is 0. The van der Waals surface area contributed by atoms with Gasteiger partial charge in [0.05, 0.1) is 20.9 Å². The van der Waals surface area contributed by atoms with Gasteiger partial charge in [0.2, 0.25) is 5.91 Å². The highest BCUT2D eigenvalue weighted by molar-refractivity contribution is 7.90. The molecule has 0 aliphatic carbocycles. The number of nitrogens with one attached hydrogen (secondary N) is 2. The molecule has 0 aliphatic heterocycles. The van der Waals surface area contributed by atoms with Crippen molar-refractivity contribution in [2.75, 3.05) is 24.7 Å². The fourth-order valence-electron chi connectivity index (χ4n) is 3.32. The molecule has 1 aromatic heterocycles. The highest BCUT2D eigenvalue weighted by Gasteiger charge is 2.18. The van der Waals surface area contributed by atoms with Crippen molar-refractivity contribution in [2.24, 2.45) is 7.05 Å². The number of hydrogen-bond acceptors (Lipinski definition) is 7. The maximum absolute atomic E-state index is 12.4. The van der Waals surface area contributed by atoms with Gasteiger partial charge < -0.3 is 10.6 Å². The van der Waals surface area contributed by atoms with Gasteiger partial charge >= 0.3 is 5.69 Å². The number of nitro groups is 1. The van der Waals surface area contributed by atoms with Gasteiger partial charge in [-0.05, 0) is 24.3 Å². The van der Waals surface area contributed by atoms with E-state index in [0.717, 1.165) is 23.4 Å². The quantitative estimate of drug-likeness (QED) is 0.277. The van der Waals surface area contributed by atoms with Gasteiger partial charge in [-0.15, -0.1) is 0 Å². The van der Waals surface area contributed by atoms with E-state index in [2.05, 4.69) is 10.6 Å². The standard InChI is InChI=1S/C20H23N5O6S/c1-23-16-5-3-4-6-17(16)24(20(23)27)12-9-19(26)22-11-10-21-15-8-7-14(32(2,30)31)13-18(15)25(28)29/h3-8,13,21H,9-12H2,1-2H3,(H,22,26). The van der Waals surface area contributed by atoms with Crippen LogP contribution in [-0.4, -0.2) is 47.7 Å². The molecule has 0 aliphatic rings. The third-order valence-corrected chi connectivity index (χ3v) is 6.08. The number of carbonyl (C=O) groups excluding carboxylic acids is 1.